The number of benzene rings is 1. The first-order valence-corrected chi connectivity index (χ1v) is 9.58. The highest BCUT2D eigenvalue weighted by Crippen LogP contribution is 2.38. The van der Waals surface area contributed by atoms with E-state index in [9.17, 15) is 9.59 Å². The fraction of sp³-hybridized carbons (Fsp3) is 0.421. The van der Waals surface area contributed by atoms with E-state index in [4.69, 9.17) is 4.74 Å². The third kappa shape index (κ3) is 4.28. The van der Waals surface area contributed by atoms with Crippen molar-refractivity contribution in [2.75, 3.05) is 26.8 Å². The molecule has 26 heavy (non-hydrogen) atoms. The number of carbonyl (C=O) groups excluding carboxylic acids is 2. The van der Waals surface area contributed by atoms with E-state index in [1.165, 1.54) is 0 Å². The lowest BCUT2D eigenvalue weighted by Crippen LogP contribution is -2.37. The van der Waals surface area contributed by atoms with Gasteiger partial charge >= 0.3 is 0 Å². The Hall–Kier alpha value is -2.25. The van der Waals surface area contributed by atoms with Crippen LogP contribution in [-0.4, -0.2) is 48.5 Å². The fourth-order valence-electron chi connectivity index (χ4n) is 3.34. The highest BCUT2D eigenvalue weighted by molar-refractivity contribution is 7.09. The van der Waals surface area contributed by atoms with E-state index in [-0.39, 0.29) is 24.3 Å². The molecular formula is C19H23N3O3S. The largest absolute Gasteiger partial charge is 0.383 e. The van der Waals surface area contributed by atoms with Crippen molar-refractivity contribution >= 4 is 23.2 Å². The first-order chi connectivity index (χ1) is 12.7. The van der Waals surface area contributed by atoms with Crippen molar-refractivity contribution in [2.45, 2.75) is 18.9 Å². The third-order valence-corrected chi connectivity index (χ3v) is 5.41. The number of likely N-dealkylation sites (tertiary alicyclic amines) is 1. The maximum atomic E-state index is 12.8. The Kier molecular flexibility index (Phi) is 6.35. The van der Waals surface area contributed by atoms with Crippen LogP contribution in [0.2, 0.25) is 0 Å². The number of aromatic nitrogens is 1. The molecule has 0 radical (unpaired) electrons. The van der Waals surface area contributed by atoms with Crippen LogP contribution in [0.15, 0.2) is 41.9 Å². The van der Waals surface area contributed by atoms with Gasteiger partial charge in [-0.25, -0.2) is 4.98 Å². The second-order valence-corrected chi connectivity index (χ2v) is 7.19. The molecule has 138 valence electrons. The molecule has 0 unspecified atom stereocenters. The summed E-state index contributed by atoms with van der Waals surface area (Å²) in [6.07, 6.45) is 2.69. The zero-order chi connectivity index (χ0) is 18.4. The molecule has 0 aliphatic carbocycles. The zero-order valence-electron chi connectivity index (χ0n) is 14.8. The third-order valence-electron chi connectivity index (χ3n) is 4.57. The minimum absolute atomic E-state index is 0.00373. The summed E-state index contributed by atoms with van der Waals surface area (Å²) in [4.78, 5) is 31.3. The van der Waals surface area contributed by atoms with E-state index in [0.717, 1.165) is 10.6 Å². The number of hydrogen-bond acceptors (Lipinski definition) is 5. The van der Waals surface area contributed by atoms with Crippen molar-refractivity contribution in [3.63, 3.8) is 0 Å². The molecule has 2 heterocycles. The van der Waals surface area contributed by atoms with Crippen LogP contribution in [-0.2, 0) is 20.7 Å². The smallest absolute Gasteiger partial charge is 0.226 e. The summed E-state index contributed by atoms with van der Waals surface area (Å²) in [5.41, 5.74) is 0.981. The number of methoxy groups -OCH3 is 1. The Labute approximate surface area is 157 Å². The second-order valence-electron chi connectivity index (χ2n) is 6.21. The van der Waals surface area contributed by atoms with Crippen LogP contribution in [0.3, 0.4) is 0 Å². The number of ether oxygens (including phenoxy) is 1. The summed E-state index contributed by atoms with van der Waals surface area (Å²) in [5.74, 6) is -0.474. The molecule has 6 nitrogen and oxygen atoms in total. The number of rotatable bonds is 8. The molecule has 0 spiro atoms. The monoisotopic (exact) mass is 373 g/mol. The maximum absolute atomic E-state index is 12.8. The van der Waals surface area contributed by atoms with Gasteiger partial charge < -0.3 is 15.0 Å². The van der Waals surface area contributed by atoms with Gasteiger partial charge in [0.2, 0.25) is 11.8 Å². The molecule has 7 heteroatoms. The van der Waals surface area contributed by atoms with Crippen molar-refractivity contribution in [3.8, 4) is 0 Å². The van der Waals surface area contributed by atoms with Crippen molar-refractivity contribution in [2.24, 2.45) is 5.92 Å². The van der Waals surface area contributed by atoms with Crippen LogP contribution in [0.25, 0.3) is 0 Å². The quantitative estimate of drug-likeness (QED) is 0.769. The van der Waals surface area contributed by atoms with Gasteiger partial charge in [0.1, 0.15) is 0 Å². The van der Waals surface area contributed by atoms with Crippen LogP contribution in [0.1, 0.15) is 23.0 Å². The standard InChI is InChI=1S/C19H23N3O3S/c1-25-11-10-22-17(23)13-15(18(22)14-5-3-2-4-6-14)19(24)21-8-7-16-20-9-12-26-16/h2-6,9,12,15,18H,7-8,10-11,13H2,1H3,(H,21,24)/t15-,18+/m1/s1. The molecule has 0 bridgehead atoms. The van der Waals surface area contributed by atoms with E-state index >= 15 is 0 Å². The van der Waals surface area contributed by atoms with Crippen LogP contribution in [0.4, 0.5) is 0 Å². The van der Waals surface area contributed by atoms with Gasteiger partial charge in [0, 0.05) is 44.6 Å². The molecule has 1 saturated heterocycles. The van der Waals surface area contributed by atoms with Gasteiger partial charge in [-0.05, 0) is 5.56 Å². The zero-order valence-corrected chi connectivity index (χ0v) is 15.6. The Morgan fingerprint density at radius 2 is 2.19 bits per heavy atom. The topological polar surface area (TPSA) is 71.5 Å². The molecule has 3 rings (SSSR count). The molecule has 2 amide bonds. The van der Waals surface area contributed by atoms with Gasteiger partial charge in [-0.3, -0.25) is 9.59 Å². The van der Waals surface area contributed by atoms with E-state index in [1.54, 1.807) is 29.5 Å². The number of thiazole rings is 1. The lowest BCUT2D eigenvalue weighted by molar-refractivity contribution is -0.129. The highest BCUT2D eigenvalue weighted by Gasteiger charge is 2.44. The molecule has 2 atom stereocenters. The number of amides is 2. The van der Waals surface area contributed by atoms with Crippen molar-refractivity contribution in [3.05, 3.63) is 52.5 Å². The molecular weight excluding hydrogens is 350 g/mol. The Balaban J connectivity index is 1.70. The first kappa shape index (κ1) is 18.5. The molecule has 2 aromatic rings. The second kappa shape index (κ2) is 8.91. The SMILES string of the molecule is COCCN1C(=O)C[C@@H](C(=O)NCCc2nccs2)[C@@H]1c1ccccc1. The van der Waals surface area contributed by atoms with Crippen LogP contribution in [0, 0.1) is 5.92 Å². The Bertz CT molecular complexity index is 721. The lowest BCUT2D eigenvalue weighted by Gasteiger charge is -2.28. The van der Waals surface area contributed by atoms with Crippen LogP contribution in [0.5, 0.6) is 0 Å². The summed E-state index contributed by atoms with van der Waals surface area (Å²) in [6.45, 7) is 1.46. The molecule has 1 fully saturated rings. The van der Waals surface area contributed by atoms with E-state index < -0.39 is 5.92 Å². The minimum Gasteiger partial charge on any atom is -0.383 e. The molecule has 0 saturated carbocycles. The van der Waals surface area contributed by atoms with Crippen LogP contribution >= 0.6 is 11.3 Å². The van der Waals surface area contributed by atoms with Gasteiger partial charge in [-0.15, -0.1) is 11.3 Å². The fourth-order valence-corrected chi connectivity index (χ4v) is 3.96. The average Bonchev–Trinajstić information content (AvgIpc) is 3.28. The van der Waals surface area contributed by atoms with Gasteiger partial charge in [0.15, 0.2) is 0 Å². The Morgan fingerprint density at radius 3 is 2.88 bits per heavy atom. The molecule has 1 aromatic carbocycles. The summed E-state index contributed by atoms with van der Waals surface area (Å²) in [6, 6.07) is 9.49. The minimum atomic E-state index is -0.391. The number of nitrogens with one attached hydrogen (secondary N) is 1. The van der Waals surface area contributed by atoms with E-state index in [2.05, 4.69) is 10.3 Å². The molecule has 1 aromatic heterocycles. The van der Waals surface area contributed by atoms with Gasteiger partial charge in [0.05, 0.1) is 23.6 Å². The molecule has 1 aliphatic rings. The Morgan fingerprint density at radius 1 is 1.38 bits per heavy atom. The average molecular weight is 373 g/mol. The highest BCUT2D eigenvalue weighted by atomic mass is 32.1. The summed E-state index contributed by atoms with van der Waals surface area (Å²) >= 11 is 1.58. The van der Waals surface area contributed by atoms with Crippen molar-refractivity contribution in [1.29, 1.82) is 0 Å². The predicted octanol–water partition coefficient (Wildman–Crippen LogP) is 2.04. The summed E-state index contributed by atoms with van der Waals surface area (Å²) in [7, 11) is 1.61. The van der Waals surface area contributed by atoms with Crippen molar-refractivity contribution < 1.29 is 14.3 Å². The number of nitrogens with zero attached hydrogens (tertiary/aromatic N) is 2. The van der Waals surface area contributed by atoms with Gasteiger partial charge in [-0.2, -0.15) is 0 Å². The lowest BCUT2D eigenvalue weighted by atomic mass is 9.92. The summed E-state index contributed by atoms with van der Waals surface area (Å²) < 4.78 is 5.14. The molecule has 1 aliphatic heterocycles. The maximum Gasteiger partial charge on any atom is 0.226 e. The normalized spacial score (nSPS) is 19.7. The molecule has 1 N–H and O–H groups in total. The van der Waals surface area contributed by atoms with Crippen LogP contribution < -0.4 is 5.32 Å². The predicted molar refractivity (Wildman–Crippen MR) is 99.7 cm³/mol. The van der Waals surface area contributed by atoms with Gasteiger partial charge in [0.25, 0.3) is 0 Å². The van der Waals surface area contributed by atoms with Gasteiger partial charge in [-0.1, -0.05) is 30.3 Å². The van der Waals surface area contributed by atoms with E-state index in [1.807, 2.05) is 35.7 Å². The number of carbonyl (C=O) groups is 2. The first-order valence-electron chi connectivity index (χ1n) is 8.70. The van der Waals surface area contributed by atoms with E-state index in [0.29, 0.717) is 26.1 Å². The number of hydrogen-bond donors (Lipinski definition) is 1. The summed E-state index contributed by atoms with van der Waals surface area (Å²) in [5, 5.41) is 5.89. The van der Waals surface area contributed by atoms with Crippen molar-refractivity contribution in [1.82, 2.24) is 15.2 Å².